The van der Waals surface area contributed by atoms with Gasteiger partial charge in [-0.2, -0.15) is 0 Å². The van der Waals surface area contributed by atoms with Crippen LogP contribution in [-0.2, 0) is 4.79 Å². The zero-order valence-electron chi connectivity index (χ0n) is 13.4. The SMILES string of the molecule is Cc1ccc(Sc2ccc(/C=C(\Sc3nnc(C)o3)C(=O)O)o2)cc1. The molecule has 0 atom stereocenters. The van der Waals surface area contributed by atoms with Gasteiger partial charge in [-0.1, -0.05) is 29.5 Å². The molecular formula is C17H14N2O4S2. The second-order valence-corrected chi connectivity index (χ2v) is 7.15. The van der Waals surface area contributed by atoms with Crippen molar-refractivity contribution in [2.24, 2.45) is 0 Å². The lowest BCUT2D eigenvalue weighted by Crippen LogP contribution is -1.96. The summed E-state index contributed by atoms with van der Waals surface area (Å²) in [7, 11) is 0. The number of hydrogen-bond donors (Lipinski definition) is 1. The van der Waals surface area contributed by atoms with E-state index in [0.29, 0.717) is 16.7 Å². The summed E-state index contributed by atoms with van der Waals surface area (Å²) < 4.78 is 10.9. The monoisotopic (exact) mass is 374 g/mol. The third-order valence-corrected chi connectivity index (χ3v) is 4.81. The molecule has 1 aromatic carbocycles. The van der Waals surface area contributed by atoms with Crippen LogP contribution in [0.5, 0.6) is 0 Å². The van der Waals surface area contributed by atoms with E-state index in [2.05, 4.69) is 10.2 Å². The molecule has 1 N–H and O–H groups in total. The van der Waals surface area contributed by atoms with Crippen LogP contribution in [0.25, 0.3) is 6.08 Å². The fraction of sp³-hybridized carbons (Fsp3) is 0.118. The summed E-state index contributed by atoms with van der Waals surface area (Å²) in [4.78, 5) is 12.5. The molecule has 0 amide bonds. The normalized spacial score (nSPS) is 11.7. The molecule has 0 aliphatic rings. The molecule has 3 aromatic rings. The molecule has 8 heteroatoms. The average molecular weight is 374 g/mol. The summed E-state index contributed by atoms with van der Waals surface area (Å²) in [5.41, 5.74) is 1.19. The van der Waals surface area contributed by atoms with E-state index in [-0.39, 0.29) is 10.1 Å². The van der Waals surface area contributed by atoms with Gasteiger partial charge >= 0.3 is 5.97 Å². The number of carboxylic acid groups (broad SMARTS) is 1. The molecule has 3 rings (SSSR count). The second-order valence-electron chi connectivity index (χ2n) is 5.07. The van der Waals surface area contributed by atoms with Crippen molar-refractivity contribution in [3.8, 4) is 0 Å². The molecule has 0 saturated carbocycles. The highest BCUT2D eigenvalue weighted by molar-refractivity contribution is 8.03. The van der Waals surface area contributed by atoms with E-state index in [9.17, 15) is 9.90 Å². The van der Waals surface area contributed by atoms with Gasteiger partial charge in [-0.15, -0.1) is 10.2 Å². The molecule has 0 aliphatic heterocycles. The third-order valence-electron chi connectivity index (χ3n) is 3.03. The van der Waals surface area contributed by atoms with Gasteiger partial charge in [-0.25, -0.2) is 4.79 Å². The maximum Gasteiger partial charge on any atom is 0.342 e. The van der Waals surface area contributed by atoms with Gasteiger partial charge in [-0.05, 0) is 43.0 Å². The molecule has 25 heavy (non-hydrogen) atoms. The lowest BCUT2D eigenvalue weighted by Gasteiger charge is -1.99. The Hall–Kier alpha value is -2.45. The Morgan fingerprint density at radius 2 is 1.84 bits per heavy atom. The molecule has 0 aliphatic carbocycles. The van der Waals surface area contributed by atoms with Crippen LogP contribution in [0.2, 0.25) is 0 Å². The van der Waals surface area contributed by atoms with E-state index < -0.39 is 5.97 Å². The Morgan fingerprint density at radius 3 is 2.48 bits per heavy atom. The van der Waals surface area contributed by atoms with Crippen molar-refractivity contribution in [2.45, 2.75) is 29.1 Å². The van der Waals surface area contributed by atoms with Gasteiger partial charge in [0.1, 0.15) is 10.7 Å². The van der Waals surface area contributed by atoms with Crippen molar-refractivity contribution >= 4 is 35.6 Å². The molecular weight excluding hydrogens is 360 g/mol. The topological polar surface area (TPSA) is 89.4 Å². The Bertz CT molecular complexity index is 913. The van der Waals surface area contributed by atoms with Crippen molar-refractivity contribution < 1.29 is 18.7 Å². The molecule has 6 nitrogen and oxygen atoms in total. The minimum atomic E-state index is -1.09. The summed E-state index contributed by atoms with van der Waals surface area (Å²) in [6.45, 7) is 3.67. The molecule has 2 aromatic heterocycles. The molecule has 128 valence electrons. The van der Waals surface area contributed by atoms with Gasteiger partial charge in [0.15, 0.2) is 5.09 Å². The van der Waals surface area contributed by atoms with Gasteiger partial charge in [0.25, 0.3) is 5.22 Å². The lowest BCUT2D eigenvalue weighted by molar-refractivity contribution is -0.131. The summed E-state index contributed by atoms with van der Waals surface area (Å²) in [5.74, 6) is -0.275. The first-order chi connectivity index (χ1) is 12.0. The van der Waals surface area contributed by atoms with Crippen LogP contribution in [0.1, 0.15) is 17.2 Å². The van der Waals surface area contributed by atoms with Crippen LogP contribution in [0.3, 0.4) is 0 Å². The number of nitrogens with zero attached hydrogens (tertiary/aromatic N) is 2. The average Bonchev–Trinajstić information content (AvgIpc) is 3.18. The van der Waals surface area contributed by atoms with Crippen LogP contribution in [0.4, 0.5) is 0 Å². The molecule has 0 bridgehead atoms. The van der Waals surface area contributed by atoms with E-state index in [0.717, 1.165) is 16.7 Å². The molecule has 0 unspecified atom stereocenters. The number of aryl methyl sites for hydroxylation is 2. The second kappa shape index (κ2) is 7.62. The van der Waals surface area contributed by atoms with Gasteiger partial charge in [0.2, 0.25) is 5.89 Å². The molecule has 0 radical (unpaired) electrons. The first kappa shape index (κ1) is 17.4. The number of benzene rings is 1. The zero-order valence-corrected chi connectivity index (χ0v) is 15.1. The van der Waals surface area contributed by atoms with Crippen LogP contribution < -0.4 is 0 Å². The molecule has 0 spiro atoms. The van der Waals surface area contributed by atoms with E-state index in [1.54, 1.807) is 19.1 Å². The largest absolute Gasteiger partial charge is 0.477 e. The van der Waals surface area contributed by atoms with Crippen LogP contribution in [0, 0.1) is 13.8 Å². The van der Waals surface area contributed by atoms with Crippen LogP contribution in [0.15, 0.2) is 65.3 Å². The Balaban J connectivity index is 1.75. The zero-order chi connectivity index (χ0) is 17.8. The number of aromatic nitrogens is 2. The quantitative estimate of drug-likeness (QED) is 0.493. The van der Waals surface area contributed by atoms with E-state index in [1.165, 1.54) is 23.4 Å². The first-order valence-corrected chi connectivity index (χ1v) is 8.90. The van der Waals surface area contributed by atoms with Crippen molar-refractivity contribution in [1.29, 1.82) is 0 Å². The fourth-order valence-corrected chi connectivity index (χ4v) is 3.34. The Labute approximate surface area is 152 Å². The number of aliphatic carboxylic acids is 1. The van der Waals surface area contributed by atoms with Crippen molar-refractivity contribution in [2.75, 3.05) is 0 Å². The van der Waals surface area contributed by atoms with Crippen molar-refractivity contribution in [3.05, 3.63) is 58.5 Å². The van der Waals surface area contributed by atoms with Gasteiger partial charge in [-0.3, -0.25) is 0 Å². The van der Waals surface area contributed by atoms with E-state index >= 15 is 0 Å². The van der Waals surface area contributed by atoms with Gasteiger partial charge in [0, 0.05) is 17.9 Å². The Morgan fingerprint density at radius 1 is 1.08 bits per heavy atom. The third kappa shape index (κ3) is 4.77. The number of hydrogen-bond acceptors (Lipinski definition) is 7. The highest BCUT2D eigenvalue weighted by Gasteiger charge is 2.15. The molecule has 0 saturated heterocycles. The summed E-state index contributed by atoms with van der Waals surface area (Å²) >= 11 is 2.35. The lowest BCUT2D eigenvalue weighted by atomic mass is 10.2. The van der Waals surface area contributed by atoms with Crippen LogP contribution in [-0.4, -0.2) is 21.3 Å². The highest BCUT2D eigenvalue weighted by atomic mass is 32.2. The van der Waals surface area contributed by atoms with Crippen molar-refractivity contribution in [3.63, 3.8) is 0 Å². The number of rotatable bonds is 6. The molecule has 0 fully saturated rings. The predicted octanol–water partition coefficient (Wildman–Crippen LogP) is 4.65. The van der Waals surface area contributed by atoms with Crippen molar-refractivity contribution in [1.82, 2.24) is 10.2 Å². The van der Waals surface area contributed by atoms with E-state index in [4.69, 9.17) is 8.83 Å². The number of carbonyl (C=O) groups is 1. The van der Waals surface area contributed by atoms with Gasteiger partial charge < -0.3 is 13.9 Å². The summed E-state index contributed by atoms with van der Waals surface area (Å²) in [6, 6.07) is 11.6. The summed E-state index contributed by atoms with van der Waals surface area (Å²) in [6.07, 6.45) is 1.44. The Kier molecular flexibility index (Phi) is 5.30. The van der Waals surface area contributed by atoms with E-state index in [1.807, 2.05) is 31.2 Å². The minimum absolute atomic E-state index is 0.0323. The maximum absolute atomic E-state index is 11.4. The number of thioether (sulfide) groups is 1. The number of carboxylic acids is 1. The standard InChI is InChI=1S/C17H14N2O4S2/c1-10-3-6-13(7-4-10)24-15-8-5-12(23-15)9-14(16(20)21)25-17-19-18-11(2)22-17/h3-9H,1-2H3,(H,20,21)/b14-9-. The van der Waals surface area contributed by atoms with Gasteiger partial charge in [0.05, 0.1) is 0 Å². The van der Waals surface area contributed by atoms with Crippen LogP contribution >= 0.6 is 23.5 Å². The maximum atomic E-state index is 11.4. The first-order valence-electron chi connectivity index (χ1n) is 7.27. The highest BCUT2D eigenvalue weighted by Crippen LogP contribution is 2.32. The smallest absolute Gasteiger partial charge is 0.342 e. The fourth-order valence-electron chi connectivity index (χ4n) is 1.87. The summed E-state index contributed by atoms with van der Waals surface area (Å²) in [5, 5.41) is 17.7. The number of furan rings is 1. The minimum Gasteiger partial charge on any atom is -0.477 e. The predicted molar refractivity (Wildman–Crippen MR) is 94.5 cm³/mol. The molecule has 2 heterocycles.